The summed E-state index contributed by atoms with van der Waals surface area (Å²) in [5.41, 5.74) is 0. The van der Waals surface area contributed by atoms with E-state index in [1.165, 1.54) is 24.3 Å². The first kappa shape index (κ1) is 13.2. The molecule has 0 spiro atoms. The zero-order valence-electron chi connectivity index (χ0n) is 10.1. The number of nitrogens with zero attached hydrogens (tertiary/aromatic N) is 1. The SMILES string of the molecule is O=C(O)COC1CCN(C2CCSCC2)CC1. The Morgan fingerprint density at radius 1 is 1.24 bits per heavy atom. The number of aliphatic carboxylic acids is 1. The van der Waals surface area contributed by atoms with Crippen LogP contribution in [-0.2, 0) is 9.53 Å². The van der Waals surface area contributed by atoms with Gasteiger partial charge in [-0.2, -0.15) is 11.8 Å². The second-order valence-electron chi connectivity index (χ2n) is 4.78. The van der Waals surface area contributed by atoms with Gasteiger partial charge < -0.3 is 14.7 Å². The van der Waals surface area contributed by atoms with Gasteiger partial charge in [-0.3, -0.25) is 0 Å². The molecule has 98 valence electrons. The highest BCUT2D eigenvalue weighted by molar-refractivity contribution is 7.99. The third-order valence-corrected chi connectivity index (χ3v) is 4.68. The van der Waals surface area contributed by atoms with E-state index in [1.54, 1.807) is 0 Å². The third kappa shape index (κ3) is 4.16. The topological polar surface area (TPSA) is 49.8 Å². The van der Waals surface area contributed by atoms with Gasteiger partial charge >= 0.3 is 5.97 Å². The summed E-state index contributed by atoms with van der Waals surface area (Å²) < 4.78 is 5.35. The van der Waals surface area contributed by atoms with Crippen LogP contribution in [0.25, 0.3) is 0 Å². The average Bonchev–Trinajstić information content (AvgIpc) is 2.38. The molecule has 0 aromatic heterocycles. The summed E-state index contributed by atoms with van der Waals surface area (Å²) in [7, 11) is 0. The van der Waals surface area contributed by atoms with Crippen LogP contribution in [0.4, 0.5) is 0 Å². The molecule has 2 rings (SSSR count). The molecule has 0 unspecified atom stereocenters. The van der Waals surface area contributed by atoms with E-state index in [1.807, 2.05) is 0 Å². The largest absolute Gasteiger partial charge is 0.480 e. The molecular weight excluding hydrogens is 238 g/mol. The van der Waals surface area contributed by atoms with Gasteiger partial charge in [0.1, 0.15) is 6.61 Å². The molecular formula is C12H21NO3S. The summed E-state index contributed by atoms with van der Waals surface area (Å²) in [6.07, 6.45) is 4.74. The lowest BCUT2D eigenvalue weighted by Gasteiger charge is -2.38. The molecule has 4 nitrogen and oxygen atoms in total. The molecule has 0 aliphatic carbocycles. The van der Waals surface area contributed by atoms with E-state index in [0.717, 1.165) is 32.0 Å². The fourth-order valence-corrected chi connectivity index (χ4v) is 3.73. The van der Waals surface area contributed by atoms with E-state index in [0.29, 0.717) is 0 Å². The van der Waals surface area contributed by atoms with Crippen LogP contribution < -0.4 is 0 Å². The number of ether oxygens (including phenoxy) is 1. The minimum atomic E-state index is -0.864. The van der Waals surface area contributed by atoms with E-state index in [2.05, 4.69) is 16.7 Å². The maximum absolute atomic E-state index is 10.4. The summed E-state index contributed by atoms with van der Waals surface area (Å²) >= 11 is 2.06. The van der Waals surface area contributed by atoms with E-state index in [-0.39, 0.29) is 12.7 Å². The number of hydrogen-bond acceptors (Lipinski definition) is 4. The van der Waals surface area contributed by atoms with Gasteiger partial charge in [-0.15, -0.1) is 0 Å². The van der Waals surface area contributed by atoms with Gasteiger partial charge in [0, 0.05) is 19.1 Å². The van der Waals surface area contributed by atoms with Gasteiger partial charge in [0.05, 0.1) is 6.10 Å². The van der Waals surface area contributed by atoms with E-state index < -0.39 is 5.97 Å². The quantitative estimate of drug-likeness (QED) is 0.828. The van der Waals surface area contributed by atoms with Crippen molar-refractivity contribution in [3.63, 3.8) is 0 Å². The van der Waals surface area contributed by atoms with Crippen molar-refractivity contribution < 1.29 is 14.6 Å². The molecule has 0 atom stereocenters. The zero-order valence-corrected chi connectivity index (χ0v) is 11.0. The first-order valence-corrected chi connectivity index (χ1v) is 7.56. The lowest BCUT2D eigenvalue weighted by molar-refractivity contribution is -0.145. The molecule has 2 fully saturated rings. The second kappa shape index (κ2) is 6.61. The van der Waals surface area contributed by atoms with Crippen molar-refractivity contribution in [2.45, 2.75) is 37.8 Å². The smallest absolute Gasteiger partial charge is 0.329 e. The molecule has 1 N–H and O–H groups in total. The summed E-state index contributed by atoms with van der Waals surface area (Å²) in [6, 6.07) is 0.761. The molecule has 0 amide bonds. The summed E-state index contributed by atoms with van der Waals surface area (Å²) in [5.74, 6) is 1.72. The number of hydrogen-bond donors (Lipinski definition) is 1. The van der Waals surface area contributed by atoms with Gasteiger partial charge in [0.2, 0.25) is 0 Å². The van der Waals surface area contributed by atoms with Crippen molar-refractivity contribution in [1.29, 1.82) is 0 Å². The molecule has 5 heteroatoms. The predicted octanol–water partition coefficient (Wildman–Crippen LogP) is 1.45. The van der Waals surface area contributed by atoms with Crippen LogP contribution in [0.3, 0.4) is 0 Å². The molecule has 17 heavy (non-hydrogen) atoms. The van der Waals surface area contributed by atoms with Crippen LogP contribution in [-0.4, -0.2) is 59.3 Å². The highest BCUT2D eigenvalue weighted by Gasteiger charge is 2.26. The Bertz CT molecular complexity index is 248. The number of thioether (sulfide) groups is 1. The van der Waals surface area contributed by atoms with Crippen LogP contribution in [0.15, 0.2) is 0 Å². The lowest BCUT2D eigenvalue weighted by atomic mass is 10.0. The van der Waals surface area contributed by atoms with E-state index >= 15 is 0 Å². The van der Waals surface area contributed by atoms with Crippen molar-refractivity contribution in [3.05, 3.63) is 0 Å². The van der Waals surface area contributed by atoms with Crippen LogP contribution >= 0.6 is 11.8 Å². The van der Waals surface area contributed by atoms with Crippen LogP contribution in [0, 0.1) is 0 Å². The molecule has 2 aliphatic rings. The monoisotopic (exact) mass is 259 g/mol. The Labute approximate surface area is 107 Å². The minimum Gasteiger partial charge on any atom is -0.480 e. The summed E-state index contributed by atoms with van der Waals surface area (Å²) in [4.78, 5) is 13.0. The standard InChI is InChI=1S/C12H21NO3S/c14-12(15)9-16-11-1-5-13(6-2-11)10-3-7-17-8-4-10/h10-11H,1-9H2,(H,14,15). The van der Waals surface area contributed by atoms with Gasteiger partial charge in [-0.25, -0.2) is 4.79 Å². The molecule has 2 heterocycles. The Morgan fingerprint density at radius 3 is 2.47 bits per heavy atom. The fourth-order valence-electron chi connectivity index (χ4n) is 2.65. The molecule has 0 bridgehead atoms. The predicted molar refractivity (Wildman–Crippen MR) is 68.5 cm³/mol. The van der Waals surface area contributed by atoms with Crippen molar-refractivity contribution in [3.8, 4) is 0 Å². The van der Waals surface area contributed by atoms with Crippen molar-refractivity contribution in [1.82, 2.24) is 4.90 Å². The first-order chi connectivity index (χ1) is 8.25. The maximum atomic E-state index is 10.4. The second-order valence-corrected chi connectivity index (χ2v) is 6.01. The highest BCUT2D eigenvalue weighted by Crippen LogP contribution is 2.25. The summed E-state index contributed by atoms with van der Waals surface area (Å²) in [5, 5.41) is 8.56. The number of carboxylic acids is 1. The molecule has 0 aromatic carbocycles. The Morgan fingerprint density at radius 2 is 1.88 bits per heavy atom. The minimum absolute atomic E-state index is 0.148. The Hall–Kier alpha value is -0.260. The zero-order chi connectivity index (χ0) is 12.1. The lowest BCUT2D eigenvalue weighted by Crippen LogP contribution is -2.45. The number of rotatable bonds is 4. The van der Waals surface area contributed by atoms with Crippen LogP contribution in [0.5, 0.6) is 0 Å². The van der Waals surface area contributed by atoms with Crippen LogP contribution in [0.2, 0.25) is 0 Å². The van der Waals surface area contributed by atoms with E-state index in [9.17, 15) is 4.79 Å². The normalized spacial score (nSPS) is 24.9. The Kier molecular flexibility index (Phi) is 5.13. The fraction of sp³-hybridized carbons (Fsp3) is 0.917. The highest BCUT2D eigenvalue weighted by atomic mass is 32.2. The van der Waals surface area contributed by atoms with Crippen molar-refractivity contribution in [2.75, 3.05) is 31.2 Å². The molecule has 0 saturated carbocycles. The number of carboxylic acid groups (broad SMARTS) is 1. The Balaban J connectivity index is 1.68. The van der Waals surface area contributed by atoms with Crippen molar-refractivity contribution in [2.24, 2.45) is 0 Å². The van der Waals surface area contributed by atoms with Gasteiger partial charge in [-0.05, 0) is 37.2 Å². The van der Waals surface area contributed by atoms with E-state index in [4.69, 9.17) is 9.84 Å². The van der Waals surface area contributed by atoms with Gasteiger partial charge in [0.25, 0.3) is 0 Å². The average molecular weight is 259 g/mol. The molecule has 2 saturated heterocycles. The first-order valence-electron chi connectivity index (χ1n) is 6.41. The molecule has 0 radical (unpaired) electrons. The number of likely N-dealkylation sites (tertiary alicyclic amines) is 1. The molecule has 2 aliphatic heterocycles. The third-order valence-electron chi connectivity index (χ3n) is 3.63. The van der Waals surface area contributed by atoms with Crippen molar-refractivity contribution >= 4 is 17.7 Å². The summed E-state index contributed by atoms with van der Waals surface area (Å²) in [6.45, 7) is 1.99. The van der Waals surface area contributed by atoms with Gasteiger partial charge in [0.15, 0.2) is 0 Å². The molecule has 0 aromatic rings. The van der Waals surface area contributed by atoms with Crippen LogP contribution in [0.1, 0.15) is 25.7 Å². The number of piperidine rings is 1. The van der Waals surface area contributed by atoms with Gasteiger partial charge in [-0.1, -0.05) is 0 Å². The number of carbonyl (C=O) groups is 1. The maximum Gasteiger partial charge on any atom is 0.329 e.